The maximum absolute atomic E-state index is 4.69. The van der Waals surface area contributed by atoms with Gasteiger partial charge in [0.1, 0.15) is 0 Å². The number of nitrogens with one attached hydrogen (secondary N) is 1. The second kappa shape index (κ2) is 6.28. The van der Waals surface area contributed by atoms with E-state index >= 15 is 0 Å². The standard InChI is InChI=1S/C20H19N5/c1-24(2)17-11-6-8-15(14-17)18-12-7-13-25-19(18)22-20(23-25)21-16-9-4-3-5-10-16/h3-14H,1-2H3,(H,21,23). The van der Waals surface area contributed by atoms with Crippen molar-refractivity contribution in [2.24, 2.45) is 0 Å². The van der Waals surface area contributed by atoms with Crippen molar-refractivity contribution in [2.45, 2.75) is 0 Å². The SMILES string of the molecule is CN(C)c1cccc(-c2cccn3nc(Nc4ccccc4)nc23)c1. The average molecular weight is 329 g/mol. The van der Waals surface area contributed by atoms with Crippen molar-refractivity contribution in [3.8, 4) is 11.1 Å². The van der Waals surface area contributed by atoms with Crippen molar-refractivity contribution < 1.29 is 0 Å². The lowest BCUT2D eigenvalue weighted by Crippen LogP contribution is -2.08. The van der Waals surface area contributed by atoms with Gasteiger partial charge in [0.05, 0.1) is 0 Å². The second-order valence-corrected chi connectivity index (χ2v) is 6.06. The number of nitrogens with zero attached hydrogens (tertiary/aromatic N) is 4. The smallest absolute Gasteiger partial charge is 0.247 e. The molecule has 25 heavy (non-hydrogen) atoms. The lowest BCUT2D eigenvalue weighted by atomic mass is 10.1. The van der Waals surface area contributed by atoms with E-state index in [1.165, 1.54) is 0 Å². The largest absolute Gasteiger partial charge is 0.378 e. The molecule has 124 valence electrons. The number of aromatic nitrogens is 3. The second-order valence-electron chi connectivity index (χ2n) is 6.06. The van der Waals surface area contributed by atoms with E-state index in [1.54, 1.807) is 0 Å². The molecule has 1 N–H and O–H groups in total. The molecule has 0 aliphatic heterocycles. The molecule has 0 fully saturated rings. The molecule has 4 rings (SSSR count). The molecule has 0 aliphatic carbocycles. The van der Waals surface area contributed by atoms with Crippen LogP contribution < -0.4 is 10.2 Å². The van der Waals surface area contributed by atoms with Gasteiger partial charge in [0.15, 0.2) is 5.65 Å². The topological polar surface area (TPSA) is 45.5 Å². The van der Waals surface area contributed by atoms with E-state index in [9.17, 15) is 0 Å². The Bertz CT molecular complexity index is 1000. The van der Waals surface area contributed by atoms with Crippen LogP contribution in [0.15, 0.2) is 72.9 Å². The summed E-state index contributed by atoms with van der Waals surface area (Å²) in [5, 5.41) is 7.79. The van der Waals surface area contributed by atoms with Gasteiger partial charge in [0.25, 0.3) is 0 Å². The highest BCUT2D eigenvalue weighted by molar-refractivity contribution is 5.80. The van der Waals surface area contributed by atoms with Gasteiger partial charge in [-0.05, 0) is 42.0 Å². The highest BCUT2D eigenvalue weighted by atomic mass is 15.3. The van der Waals surface area contributed by atoms with E-state index < -0.39 is 0 Å². The number of rotatable bonds is 4. The zero-order valence-corrected chi connectivity index (χ0v) is 14.2. The van der Waals surface area contributed by atoms with E-state index in [-0.39, 0.29) is 0 Å². The molecule has 0 aliphatic rings. The van der Waals surface area contributed by atoms with E-state index in [2.05, 4.69) is 50.6 Å². The van der Waals surface area contributed by atoms with Crippen LogP contribution in [0.1, 0.15) is 0 Å². The molecular weight excluding hydrogens is 310 g/mol. The first-order chi connectivity index (χ1) is 12.2. The molecular formula is C20H19N5. The number of pyridine rings is 1. The third-order valence-corrected chi connectivity index (χ3v) is 4.07. The minimum Gasteiger partial charge on any atom is -0.378 e. The minimum atomic E-state index is 0.586. The first-order valence-corrected chi connectivity index (χ1v) is 8.16. The van der Waals surface area contributed by atoms with Gasteiger partial charge in [-0.2, -0.15) is 4.98 Å². The third-order valence-electron chi connectivity index (χ3n) is 4.07. The van der Waals surface area contributed by atoms with E-state index in [4.69, 9.17) is 0 Å². The van der Waals surface area contributed by atoms with Crippen molar-refractivity contribution in [3.63, 3.8) is 0 Å². The summed E-state index contributed by atoms with van der Waals surface area (Å²) in [6.45, 7) is 0. The molecule has 0 atom stereocenters. The van der Waals surface area contributed by atoms with Gasteiger partial charge < -0.3 is 10.2 Å². The van der Waals surface area contributed by atoms with Gasteiger partial charge in [0.2, 0.25) is 5.95 Å². The molecule has 0 bridgehead atoms. The fraction of sp³-hybridized carbons (Fsp3) is 0.100. The quantitative estimate of drug-likeness (QED) is 0.609. The molecule has 5 nitrogen and oxygen atoms in total. The van der Waals surface area contributed by atoms with Crippen LogP contribution in [0.2, 0.25) is 0 Å². The fourth-order valence-corrected chi connectivity index (χ4v) is 2.79. The van der Waals surface area contributed by atoms with Crippen LogP contribution >= 0.6 is 0 Å². The van der Waals surface area contributed by atoms with Gasteiger partial charge in [0, 0.05) is 37.2 Å². The molecule has 0 spiro atoms. The average Bonchev–Trinajstić information content (AvgIpc) is 3.05. The van der Waals surface area contributed by atoms with Crippen LogP contribution in [0, 0.1) is 0 Å². The molecule has 0 radical (unpaired) electrons. The Hall–Kier alpha value is -3.34. The number of para-hydroxylation sites is 1. The molecule has 0 saturated heterocycles. The van der Waals surface area contributed by atoms with Crippen molar-refractivity contribution in [1.82, 2.24) is 14.6 Å². The van der Waals surface area contributed by atoms with E-state index in [0.29, 0.717) is 5.95 Å². The highest BCUT2D eigenvalue weighted by Gasteiger charge is 2.10. The minimum absolute atomic E-state index is 0.586. The maximum atomic E-state index is 4.69. The van der Waals surface area contributed by atoms with Crippen LogP contribution in [0.25, 0.3) is 16.8 Å². The molecule has 0 amide bonds. The maximum Gasteiger partial charge on any atom is 0.247 e. The molecule has 2 heterocycles. The zero-order chi connectivity index (χ0) is 17.2. The molecule has 5 heteroatoms. The predicted octanol–water partition coefficient (Wildman–Crippen LogP) is 4.21. The summed E-state index contributed by atoms with van der Waals surface area (Å²) < 4.78 is 1.81. The number of hydrogen-bond acceptors (Lipinski definition) is 4. The molecule has 2 aromatic heterocycles. The summed E-state index contributed by atoms with van der Waals surface area (Å²) in [6, 6.07) is 22.4. The monoisotopic (exact) mass is 329 g/mol. The first-order valence-electron chi connectivity index (χ1n) is 8.16. The van der Waals surface area contributed by atoms with Crippen molar-refractivity contribution in [2.75, 3.05) is 24.3 Å². The molecule has 2 aromatic carbocycles. The van der Waals surface area contributed by atoms with Gasteiger partial charge in [-0.1, -0.05) is 30.3 Å². The number of fused-ring (bicyclic) bond motifs is 1. The number of anilines is 3. The van der Waals surface area contributed by atoms with Crippen molar-refractivity contribution in [3.05, 3.63) is 72.9 Å². The number of hydrogen-bond donors (Lipinski definition) is 1. The lowest BCUT2D eigenvalue weighted by molar-refractivity contribution is 0.966. The first kappa shape index (κ1) is 15.2. The van der Waals surface area contributed by atoms with Gasteiger partial charge in [-0.15, -0.1) is 5.10 Å². The van der Waals surface area contributed by atoms with Crippen LogP contribution in [0.3, 0.4) is 0 Å². The molecule has 0 unspecified atom stereocenters. The number of benzene rings is 2. The van der Waals surface area contributed by atoms with Gasteiger partial charge in [-0.3, -0.25) is 0 Å². The fourth-order valence-electron chi connectivity index (χ4n) is 2.79. The Morgan fingerprint density at radius 2 is 1.76 bits per heavy atom. The van der Waals surface area contributed by atoms with E-state index in [1.807, 2.05) is 61.2 Å². The van der Waals surface area contributed by atoms with Crippen molar-refractivity contribution >= 4 is 23.0 Å². The molecule has 0 saturated carbocycles. The third kappa shape index (κ3) is 3.04. The summed E-state index contributed by atoms with van der Waals surface area (Å²) >= 11 is 0. The lowest BCUT2D eigenvalue weighted by Gasteiger charge is -2.13. The van der Waals surface area contributed by atoms with Crippen LogP contribution in [0.4, 0.5) is 17.3 Å². The summed E-state index contributed by atoms with van der Waals surface area (Å²) in [5.41, 5.74) is 5.13. The Labute approximate surface area is 146 Å². The van der Waals surface area contributed by atoms with E-state index in [0.717, 1.165) is 28.1 Å². The highest BCUT2D eigenvalue weighted by Crippen LogP contribution is 2.27. The van der Waals surface area contributed by atoms with Crippen molar-refractivity contribution in [1.29, 1.82) is 0 Å². The van der Waals surface area contributed by atoms with Crippen LogP contribution in [0.5, 0.6) is 0 Å². The summed E-state index contributed by atoms with van der Waals surface area (Å²) in [7, 11) is 4.08. The summed E-state index contributed by atoms with van der Waals surface area (Å²) in [6.07, 6.45) is 1.91. The van der Waals surface area contributed by atoms with Gasteiger partial charge >= 0.3 is 0 Å². The Morgan fingerprint density at radius 1 is 0.920 bits per heavy atom. The Morgan fingerprint density at radius 3 is 2.56 bits per heavy atom. The van der Waals surface area contributed by atoms with Crippen LogP contribution in [-0.2, 0) is 0 Å². The summed E-state index contributed by atoms with van der Waals surface area (Å²) in [4.78, 5) is 6.78. The zero-order valence-electron chi connectivity index (χ0n) is 14.2. The Balaban J connectivity index is 1.76. The predicted molar refractivity (Wildman–Crippen MR) is 102 cm³/mol. The normalized spacial score (nSPS) is 10.8. The van der Waals surface area contributed by atoms with Gasteiger partial charge in [-0.25, -0.2) is 4.52 Å². The summed E-state index contributed by atoms with van der Waals surface area (Å²) in [5.74, 6) is 0.586. The van der Waals surface area contributed by atoms with Crippen LogP contribution in [-0.4, -0.2) is 28.7 Å². The Kier molecular flexibility index (Phi) is 3.82. The molecule has 4 aromatic rings.